The van der Waals surface area contributed by atoms with E-state index in [1.54, 1.807) is 12.1 Å². The Kier molecular flexibility index (Phi) is 4.08. The lowest BCUT2D eigenvalue weighted by atomic mass is 10.1. The molecule has 5 heteroatoms. The molecule has 0 saturated carbocycles. The third-order valence-corrected chi connectivity index (χ3v) is 2.03. The Morgan fingerprint density at radius 3 is 2.40 bits per heavy atom. The molecule has 0 aliphatic carbocycles. The normalized spacial score (nSPS) is 13.9. The smallest absolute Gasteiger partial charge is 0.388 e. The van der Waals surface area contributed by atoms with Crippen LogP contribution in [0.5, 0.6) is 0 Å². The lowest BCUT2D eigenvalue weighted by molar-refractivity contribution is -0.136. The third-order valence-electron chi connectivity index (χ3n) is 2.03. The zero-order valence-electron chi connectivity index (χ0n) is 8.04. The summed E-state index contributed by atoms with van der Waals surface area (Å²) in [5.41, 5.74) is 0.604. The molecule has 0 amide bonds. The first-order valence-electron chi connectivity index (χ1n) is 4.64. The standard InChI is InChI=1S/C10H12F3NO/c11-10(12,13)5-1-2-9(15)8-3-6-14-7-4-8/h3-4,6-7,9,15H,1-2,5H2. The molecule has 1 aromatic rings. The van der Waals surface area contributed by atoms with E-state index in [4.69, 9.17) is 0 Å². The average Bonchev–Trinajstić information content (AvgIpc) is 2.17. The maximum Gasteiger partial charge on any atom is 0.389 e. The van der Waals surface area contributed by atoms with E-state index < -0.39 is 18.7 Å². The van der Waals surface area contributed by atoms with Crippen LogP contribution in [-0.4, -0.2) is 16.3 Å². The maximum absolute atomic E-state index is 11.8. The summed E-state index contributed by atoms with van der Waals surface area (Å²) >= 11 is 0. The van der Waals surface area contributed by atoms with E-state index in [1.807, 2.05) is 0 Å². The molecule has 2 nitrogen and oxygen atoms in total. The summed E-state index contributed by atoms with van der Waals surface area (Å²) in [6.07, 6.45) is -2.77. The first-order chi connectivity index (χ1) is 6.99. The summed E-state index contributed by atoms with van der Waals surface area (Å²) in [6.45, 7) is 0. The molecule has 1 heterocycles. The predicted octanol–water partition coefficient (Wildman–Crippen LogP) is 2.85. The molecule has 1 atom stereocenters. The SMILES string of the molecule is OC(CCCC(F)(F)F)c1ccncc1. The van der Waals surface area contributed by atoms with Crippen molar-refractivity contribution in [1.82, 2.24) is 4.98 Å². The van der Waals surface area contributed by atoms with Crippen molar-refractivity contribution >= 4 is 0 Å². The summed E-state index contributed by atoms with van der Waals surface area (Å²) < 4.78 is 35.5. The molecule has 0 aromatic carbocycles. The topological polar surface area (TPSA) is 33.1 Å². The van der Waals surface area contributed by atoms with Crippen LogP contribution in [0.15, 0.2) is 24.5 Å². The number of aliphatic hydroxyl groups excluding tert-OH is 1. The van der Waals surface area contributed by atoms with Crippen molar-refractivity contribution in [1.29, 1.82) is 0 Å². The number of nitrogens with zero attached hydrogens (tertiary/aromatic N) is 1. The minimum Gasteiger partial charge on any atom is -0.388 e. The Morgan fingerprint density at radius 2 is 1.87 bits per heavy atom. The predicted molar refractivity (Wildman–Crippen MR) is 49.1 cm³/mol. The van der Waals surface area contributed by atoms with Gasteiger partial charge in [-0.15, -0.1) is 0 Å². The molecule has 1 N–H and O–H groups in total. The number of halogens is 3. The summed E-state index contributed by atoms with van der Waals surface area (Å²) in [6, 6.07) is 3.19. The molecule has 84 valence electrons. The van der Waals surface area contributed by atoms with Crippen LogP contribution < -0.4 is 0 Å². The minimum atomic E-state index is -4.14. The van der Waals surface area contributed by atoms with Gasteiger partial charge in [-0.25, -0.2) is 0 Å². The summed E-state index contributed by atoms with van der Waals surface area (Å²) in [5, 5.41) is 9.52. The second kappa shape index (κ2) is 5.11. The molecule has 1 unspecified atom stereocenters. The number of rotatable bonds is 4. The highest BCUT2D eigenvalue weighted by molar-refractivity contribution is 5.12. The number of aliphatic hydroxyl groups is 1. The molecular weight excluding hydrogens is 207 g/mol. The highest BCUT2D eigenvalue weighted by Gasteiger charge is 2.26. The fraction of sp³-hybridized carbons (Fsp3) is 0.500. The Balaban J connectivity index is 2.34. The van der Waals surface area contributed by atoms with Crippen molar-refractivity contribution in [3.8, 4) is 0 Å². The van der Waals surface area contributed by atoms with Gasteiger partial charge in [0.15, 0.2) is 0 Å². The molecule has 0 aliphatic heterocycles. The van der Waals surface area contributed by atoms with E-state index >= 15 is 0 Å². The molecule has 0 bridgehead atoms. The Bertz CT molecular complexity index is 286. The summed E-state index contributed by atoms with van der Waals surface area (Å²) in [7, 11) is 0. The van der Waals surface area contributed by atoms with E-state index in [-0.39, 0.29) is 12.8 Å². The van der Waals surface area contributed by atoms with Crippen molar-refractivity contribution < 1.29 is 18.3 Å². The van der Waals surface area contributed by atoms with E-state index in [0.29, 0.717) is 5.56 Å². The number of pyridine rings is 1. The molecule has 0 radical (unpaired) electrons. The summed E-state index contributed by atoms with van der Waals surface area (Å²) in [5.74, 6) is 0. The van der Waals surface area contributed by atoms with Gasteiger partial charge in [0.1, 0.15) is 0 Å². The van der Waals surface area contributed by atoms with E-state index in [2.05, 4.69) is 4.98 Å². The molecule has 1 rings (SSSR count). The van der Waals surface area contributed by atoms with Crippen molar-refractivity contribution in [3.63, 3.8) is 0 Å². The van der Waals surface area contributed by atoms with Crippen LogP contribution in [0.25, 0.3) is 0 Å². The van der Waals surface area contributed by atoms with Crippen molar-refractivity contribution in [3.05, 3.63) is 30.1 Å². The Morgan fingerprint density at radius 1 is 1.27 bits per heavy atom. The largest absolute Gasteiger partial charge is 0.389 e. The lowest BCUT2D eigenvalue weighted by Crippen LogP contribution is -2.08. The van der Waals surface area contributed by atoms with Crippen LogP contribution in [0.3, 0.4) is 0 Å². The summed E-state index contributed by atoms with van der Waals surface area (Å²) in [4.78, 5) is 3.76. The number of alkyl halides is 3. The molecular formula is C10H12F3NO. The maximum atomic E-state index is 11.8. The third kappa shape index (κ3) is 4.78. The molecule has 0 fully saturated rings. The zero-order valence-corrected chi connectivity index (χ0v) is 8.04. The van der Waals surface area contributed by atoms with Gasteiger partial charge in [-0.1, -0.05) is 0 Å². The van der Waals surface area contributed by atoms with Gasteiger partial charge in [0.25, 0.3) is 0 Å². The van der Waals surface area contributed by atoms with E-state index in [0.717, 1.165) is 0 Å². The number of hydrogen-bond acceptors (Lipinski definition) is 2. The Hall–Kier alpha value is -1.10. The fourth-order valence-corrected chi connectivity index (χ4v) is 1.25. The minimum absolute atomic E-state index is 0.0625. The lowest BCUT2D eigenvalue weighted by Gasteiger charge is -2.11. The van der Waals surface area contributed by atoms with Gasteiger partial charge in [0.05, 0.1) is 6.10 Å². The molecule has 0 saturated heterocycles. The van der Waals surface area contributed by atoms with Crippen LogP contribution in [0.2, 0.25) is 0 Å². The number of hydrogen-bond donors (Lipinski definition) is 1. The molecule has 0 aliphatic rings. The average molecular weight is 219 g/mol. The first-order valence-corrected chi connectivity index (χ1v) is 4.64. The molecule has 1 aromatic heterocycles. The second-order valence-corrected chi connectivity index (χ2v) is 3.30. The van der Waals surface area contributed by atoms with Gasteiger partial charge in [0.2, 0.25) is 0 Å². The van der Waals surface area contributed by atoms with Crippen molar-refractivity contribution in [2.45, 2.75) is 31.5 Å². The van der Waals surface area contributed by atoms with Crippen LogP contribution in [-0.2, 0) is 0 Å². The Labute approximate surface area is 85.8 Å². The van der Waals surface area contributed by atoms with Crippen LogP contribution in [0, 0.1) is 0 Å². The molecule has 15 heavy (non-hydrogen) atoms. The monoisotopic (exact) mass is 219 g/mol. The first kappa shape index (κ1) is 12.0. The van der Waals surface area contributed by atoms with Crippen molar-refractivity contribution in [2.24, 2.45) is 0 Å². The highest BCUT2D eigenvalue weighted by atomic mass is 19.4. The van der Waals surface area contributed by atoms with Gasteiger partial charge >= 0.3 is 6.18 Å². The van der Waals surface area contributed by atoms with Gasteiger partial charge < -0.3 is 5.11 Å². The van der Waals surface area contributed by atoms with E-state index in [1.165, 1.54) is 12.4 Å². The second-order valence-electron chi connectivity index (χ2n) is 3.30. The quantitative estimate of drug-likeness (QED) is 0.844. The number of aromatic nitrogens is 1. The van der Waals surface area contributed by atoms with Crippen LogP contribution in [0.4, 0.5) is 13.2 Å². The fourth-order valence-electron chi connectivity index (χ4n) is 1.25. The van der Waals surface area contributed by atoms with Crippen molar-refractivity contribution in [2.75, 3.05) is 0 Å². The van der Waals surface area contributed by atoms with Crippen LogP contribution >= 0.6 is 0 Å². The van der Waals surface area contributed by atoms with E-state index in [9.17, 15) is 18.3 Å². The highest BCUT2D eigenvalue weighted by Crippen LogP contribution is 2.25. The van der Waals surface area contributed by atoms with Gasteiger partial charge in [0, 0.05) is 18.8 Å². The molecule has 0 spiro atoms. The van der Waals surface area contributed by atoms with Gasteiger partial charge in [-0.2, -0.15) is 13.2 Å². The zero-order chi connectivity index (χ0) is 11.3. The van der Waals surface area contributed by atoms with Gasteiger partial charge in [-0.05, 0) is 30.5 Å². The van der Waals surface area contributed by atoms with Crippen LogP contribution in [0.1, 0.15) is 30.9 Å². The van der Waals surface area contributed by atoms with Gasteiger partial charge in [-0.3, -0.25) is 4.98 Å².